The molecule has 0 saturated carbocycles. The molecular formula is C17H21BrN2O4. The minimum absolute atomic E-state index is 0.150. The van der Waals surface area contributed by atoms with E-state index in [1.54, 1.807) is 27.0 Å². The van der Waals surface area contributed by atoms with Crippen LogP contribution in [-0.2, 0) is 4.74 Å². The zero-order valence-corrected chi connectivity index (χ0v) is 15.7. The van der Waals surface area contributed by atoms with E-state index >= 15 is 0 Å². The summed E-state index contributed by atoms with van der Waals surface area (Å²) in [7, 11) is 0. The van der Waals surface area contributed by atoms with Crippen molar-refractivity contribution in [1.29, 1.82) is 0 Å². The molecule has 130 valence electrons. The maximum absolute atomic E-state index is 12.0. The molecule has 0 aliphatic carbocycles. The molecule has 6 nitrogen and oxygen atoms in total. The van der Waals surface area contributed by atoms with Gasteiger partial charge in [0.25, 0.3) is 0 Å². The van der Waals surface area contributed by atoms with Gasteiger partial charge in [-0.2, -0.15) is 0 Å². The number of alkyl carbamates (subject to hydrolysis) is 1. The average Bonchev–Trinajstić information content (AvgIpc) is 2.81. The molecule has 1 amide bonds. The number of aromatic nitrogens is 1. The highest BCUT2D eigenvalue weighted by Crippen LogP contribution is 2.29. The van der Waals surface area contributed by atoms with Gasteiger partial charge in [0.1, 0.15) is 5.60 Å². The Morgan fingerprint density at radius 2 is 2.04 bits per heavy atom. The van der Waals surface area contributed by atoms with Crippen molar-refractivity contribution in [2.75, 3.05) is 6.61 Å². The van der Waals surface area contributed by atoms with Crippen molar-refractivity contribution in [3.63, 3.8) is 0 Å². The van der Waals surface area contributed by atoms with Crippen LogP contribution in [0.5, 0.6) is 0 Å². The summed E-state index contributed by atoms with van der Waals surface area (Å²) in [6.07, 6.45) is 1.01. The molecule has 1 aromatic heterocycles. The molecule has 0 unspecified atom stereocenters. The van der Waals surface area contributed by atoms with Crippen molar-refractivity contribution < 1.29 is 19.4 Å². The first-order valence-electron chi connectivity index (χ1n) is 7.54. The van der Waals surface area contributed by atoms with Crippen molar-refractivity contribution in [3.8, 4) is 0 Å². The Kier molecular flexibility index (Phi) is 5.35. The van der Waals surface area contributed by atoms with Crippen molar-refractivity contribution in [2.24, 2.45) is 0 Å². The molecule has 0 saturated heterocycles. The fraction of sp³-hybridized carbons (Fsp3) is 0.412. The maximum Gasteiger partial charge on any atom is 0.408 e. The molecule has 1 aromatic carbocycles. The van der Waals surface area contributed by atoms with E-state index < -0.39 is 17.7 Å². The molecule has 0 bridgehead atoms. The van der Waals surface area contributed by atoms with E-state index in [0.29, 0.717) is 11.1 Å². The number of halogens is 1. The number of fused-ring (bicyclic) bond motifs is 1. The number of aliphatic hydroxyl groups is 1. The van der Waals surface area contributed by atoms with Crippen LogP contribution in [0, 0.1) is 0 Å². The minimum Gasteiger partial charge on any atom is -0.444 e. The van der Waals surface area contributed by atoms with E-state index in [2.05, 4.69) is 21.2 Å². The molecule has 2 aromatic rings. The number of aliphatic hydroxyl groups excluding tert-OH is 1. The molecule has 0 aliphatic rings. The van der Waals surface area contributed by atoms with Crippen molar-refractivity contribution in [2.45, 2.75) is 39.3 Å². The van der Waals surface area contributed by atoms with Crippen molar-refractivity contribution in [3.05, 3.63) is 34.4 Å². The Balaban J connectivity index is 2.43. The summed E-state index contributed by atoms with van der Waals surface area (Å²) >= 11 is 3.41. The van der Waals surface area contributed by atoms with E-state index in [1.807, 2.05) is 18.2 Å². The fourth-order valence-corrected chi connectivity index (χ4v) is 2.80. The summed E-state index contributed by atoms with van der Waals surface area (Å²) in [5, 5.41) is 13.2. The summed E-state index contributed by atoms with van der Waals surface area (Å²) in [6, 6.07) is 4.81. The lowest BCUT2D eigenvalue weighted by atomic mass is 10.1. The normalized spacial score (nSPS) is 12.9. The Bertz CT molecular complexity index is 777. The molecule has 0 fully saturated rings. The molecule has 2 N–H and O–H groups in total. The SMILES string of the molecule is CC(=O)n1cc([C@@H](CO)NC(=O)OC(C)(C)C)c2cc(Br)ccc21. The van der Waals surface area contributed by atoms with Crippen LogP contribution in [0.25, 0.3) is 10.9 Å². The number of carbonyl (C=O) groups excluding carboxylic acids is 2. The lowest BCUT2D eigenvalue weighted by Gasteiger charge is -2.22. The third-order valence-corrected chi connectivity index (χ3v) is 3.88. The van der Waals surface area contributed by atoms with Gasteiger partial charge in [-0.15, -0.1) is 0 Å². The number of nitrogens with zero attached hydrogens (tertiary/aromatic N) is 1. The molecule has 1 heterocycles. The Morgan fingerprint density at radius 3 is 2.58 bits per heavy atom. The van der Waals surface area contributed by atoms with Crippen molar-refractivity contribution in [1.82, 2.24) is 9.88 Å². The number of hydrogen-bond acceptors (Lipinski definition) is 4. The minimum atomic E-state index is -0.683. The van der Waals surface area contributed by atoms with E-state index in [9.17, 15) is 14.7 Å². The van der Waals surface area contributed by atoms with Crippen LogP contribution >= 0.6 is 15.9 Å². The first-order valence-corrected chi connectivity index (χ1v) is 8.33. The van der Waals surface area contributed by atoms with Crippen LogP contribution in [0.1, 0.15) is 44.1 Å². The number of nitrogens with one attached hydrogen (secondary N) is 1. The Hall–Kier alpha value is -1.86. The smallest absolute Gasteiger partial charge is 0.408 e. The monoisotopic (exact) mass is 396 g/mol. The Labute approximate surface area is 148 Å². The second-order valence-corrected chi connectivity index (χ2v) is 7.43. The summed E-state index contributed by atoms with van der Waals surface area (Å²) in [4.78, 5) is 23.9. The van der Waals surface area contributed by atoms with Gasteiger partial charge in [-0.25, -0.2) is 4.79 Å². The van der Waals surface area contributed by atoms with Gasteiger partial charge in [-0.1, -0.05) is 15.9 Å². The highest BCUT2D eigenvalue weighted by atomic mass is 79.9. The summed E-state index contributed by atoms with van der Waals surface area (Å²) in [5.74, 6) is -0.150. The molecule has 0 spiro atoms. The van der Waals surface area contributed by atoms with E-state index in [0.717, 1.165) is 9.86 Å². The number of ether oxygens (including phenoxy) is 1. The zero-order chi connectivity index (χ0) is 18.1. The second kappa shape index (κ2) is 6.94. The number of rotatable bonds is 3. The zero-order valence-electron chi connectivity index (χ0n) is 14.1. The fourth-order valence-electron chi connectivity index (χ4n) is 2.44. The van der Waals surface area contributed by atoms with Gasteiger partial charge < -0.3 is 15.2 Å². The first-order chi connectivity index (χ1) is 11.1. The molecule has 2 rings (SSSR count). The first kappa shape index (κ1) is 18.5. The third-order valence-electron chi connectivity index (χ3n) is 3.39. The van der Waals surface area contributed by atoms with Gasteiger partial charge in [0.05, 0.1) is 18.2 Å². The van der Waals surface area contributed by atoms with Gasteiger partial charge in [0.2, 0.25) is 5.91 Å². The van der Waals surface area contributed by atoms with Crippen LogP contribution in [0.2, 0.25) is 0 Å². The second-order valence-electron chi connectivity index (χ2n) is 6.52. The van der Waals surface area contributed by atoms with Crippen LogP contribution in [-0.4, -0.2) is 33.9 Å². The van der Waals surface area contributed by atoms with E-state index in [4.69, 9.17) is 4.74 Å². The number of amides is 1. The van der Waals surface area contributed by atoms with Gasteiger partial charge in [0, 0.05) is 28.5 Å². The molecule has 0 aliphatic heterocycles. The van der Waals surface area contributed by atoms with Gasteiger partial charge in [-0.05, 0) is 39.0 Å². The quantitative estimate of drug-likeness (QED) is 0.829. The largest absolute Gasteiger partial charge is 0.444 e. The lowest BCUT2D eigenvalue weighted by molar-refractivity contribution is 0.0482. The van der Waals surface area contributed by atoms with Crippen LogP contribution in [0.15, 0.2) is 28.9 Å². The maximum atomic E-state index is 12.0. The highest BCUT2D eigenvalue weighted by Gasteiger charge is 2.23. The van der Waals surface area contributed by atoms with E-state index in [-0.39, 0.29) is 12.5 Å². The number of hydrogen-bond donors (Lipinski definition) is 2. The molecular weight excluding hydrogens is 376 g/mol. The summed E-state index contributed by atoms with van der Waals surface area (Å²) in [5.41, 5.74) is 0.723. The van der Waals surface area contributed by atoms with Crippen LogP contribution < -0.4 is 5.32 Å². The summed E-state index contributed by atoms with van der Waals surface area (Å²) < 4.78 is 7.57. The predicted molar refractivity (Wildman–Crippen MR) is 95.1 cm³/mol. The van der Waals surface area contributed by atoms with Crippen LogP contribution in [0.4, 0.5) is 4.79 Å². The Morgan fingerprint density at radius 1 is 1.38 bits per heavy atom. The van der Waals surface area contributed by atoms with Crippen molar-refractivity contribution >= 4 is 38.8 Å². The third kappa shape index (κ3) is 4.15. The number of benzene rings is 1. The molecule has 1 atom stereocenters. The van der Waals surface area contributed by atoms with Gasteiger partial charge >= 0.3 is 6.09 Å². The topological polar surface area (TPSA) is 80.6 Å². The standard InChI is InChI=1S/C17H21BrN2O4/c1-10(22)20-8-13(12-7-11(18)5-6-15(12)20)14(9-21)19-16(23)24-17(2,3)4/h5-8,14,21H,9H2,1-4H3,(H,19,23)/t14-/m1/s1. The lowest BCUT2D eigenvalue weighted by Crippen LogP contribution is -2.36. The van der Waals surface area contributed by atoms with E-state index in [1.165, 1.54) is 11.5 Å². The molecule has 7 heteroatoms. The highest BCUT2D eigenvalue weighted by molar-refractivity contribution is 9.10. The summed E-state index contributed by atoms with van der Waals surface area (Å²) in [6.45, 7) is 6.43. The van der Waals surface area contributed by atoms with Gasteiger partial charge in [0.15, 0.2) is 0 Å². The average molecular weight is 397 g/mol. The number of carbonyl (C=O) groups is 2. The van der Waals surface area contributed by atoms with Gasteiger partial charge in [-0.3, -0.25) is 9.36 Å². The van der Waals surface area contributed by atoms with Crippen LogP contribution in [0.3, 0.4) is 0 Å². The molecule has 24 heavy (non-hydrogen) atoms. The molecule has 0 radical (unpaired) electrons. The predicted octanol–water partition coefficient (Wildman–Crippen LogP) is 3.62.